The van der Waals surface area contributed by atoms with Gasteiger partial charge in [-0.2, -0.15) is 0 Å². The van der Waals surface area contributed by atoms with E-state index >= 15 is 0 Å². The van der Waals surface area contributed by atoms with E-state index in [9.17, 15) is 4.79 Å². The van der Waals surface area contributed by atoms with Gasteiger partial charge in [-0.05, 0) is 51.4 Å². The number of amides is 1. The van der Waals surface area contributed by atoms with Crippen LogP contribution in [0, 0.1) is 0 Å². The van der Waals surface area contributed by atoms with Crippen LogP contribution < -0.4 is 10.6 Å². The van der Waals surface area contributed by atoms with Crippen molar-refractivity contribution in [1.82, 2.24) is 10.6 Å². The van der Waals surface area contributed by atoms with E-state index in [1.165, 1.54) is 5.56 Å². The molecule has 0 bridgehead atoms. The summed E-state index contributed by atoms with van der Waals surface area (Å²) in [5.74, 6) is 0.0265. The molecule has 0 spiro atoms. The standard InChI is InChI=1S/C14H21ClN2O/c1-14(2,3)17-13(18)10-16-9-8-11-4-6-12(15)7-5-11/h4-7,16H,8-10H2,1-3H3,(H,17,18). The van der Waals surface area contributed by atoms with Crippen LogP contribution in [0.5, 0.6) is 0 Å². The lowest BCUT2D eigenvalue weighted by atomic mass is 10.1. The highest BCUT2D eigenvalue weighted by Crippen LogP contribution is 2.09. The van der Waals surface area contributed by atoms with Gasteiger partial charge in [0.25, 0.3) is 0 Å². The van der Waals surface area contributed by atoms with Crippen LogP contribution in [-0.2, 0) is 11.2 Å². The second kappa shape index (κ2) is 6.76. The number of halogens is 1. The van der Waals surface area contributed by atoms with Crippen LogP contribution in [-0.4, -0.2) is 24.5 Å². The van der Waals surface area contributed by atoms with Gasteiger partial charge in [-0.3, -0.25) is 4.79 Å². The molecule has 0 atom stereocenters. The van der Waals surface area contributed by atoms with Gasteiger partial charge in [0.15, 0.2) is 0 Å². The average molecular weight is 269 g/mol. The van der Waals surface area contributed by atoms with Gasteiger partial charge >= 0.3 is 0 Å². The minimum Gasteiger partial charge on any atom is -0.350 e. The highest BCUT2D eigenvalue weighted by atomic mass is 35.5. The van der Waals surface area contributed by atoms with Crippen molar-refractivity contribution in [2.45, 2.75) is 32.7 Å². The van der Waals surface area contributed by atoms with Crippen molar-refractivity contribution in [3.05, 3.63) is 34.9 Å². The molecular formula is C14H21ClN2O. The zero-order valence-corrected chi connectivity index (χ0v) is 12.0. The molecule has 4 heteroatoms. The van der Waals surface area contributed by atoms with Crippen molar-refractivity contribution in [2.75, 3.05) is 13.1 Å². The quantitative estimate of drug-likeness (QED) is 0.805. The van der Waals surface area contributed by atoms with Crippen LogP contribution in [0.25, 0.3) is 0 Å². The van der Waals surface area contributed by atoms with Gasteiger partial charge in [-0.15, -0.1) is 0 Å². The molecule has 0 saturated carbocycles. The van der Waals surface area contributed by atoms with Crippen LogP contribution in [0.15, 0.2) is 24.3 Å². The number of benzene rings is 1. The number of hydrogen-bond donors (Lipinski definition) is 2. The number of hydrogen-bond acceptors (Lipinski definition) is 2. The molecule has 1 aromatic rings. The third-order valence-corrected chi connectivity index (χ3v) is 2.56. The Kier molecular flexibility index (Phi) is 5.63. The molecule has 0 unspecified atom stereocenters. The Morgan fingerprint density at radius 1 is 1.22 bits per heavy atom. The SMILES string of the molecule is CC(C)(C)NC(=O)CNCCc1ccc(Cl)cc1. The fraction of sp³-hybridized carbons (Fsp3) is 0.500. The first-order valence-corrected chi connectivity index (χ1v) is 6.51. The maximum atomic E-state index is 11.5. The molecule has 0 radical (unpaired) electrons. The molecule has 18 heavy (non-hydrogen) atoms. The summed E-state index contributed by atoms with van der Waals surface area (Å²) < 4.78 is 0. The monoisotopic (exact) mass is 268 g/mol. The third-order valence-electron chi connectivity index (χ3n) is 2.30. The second-order valence-electron chi connectivity index (χ2n) is 5.35. The molecule has 0 aromatic heterocycles. The van der Waals surface area contributed by atoms with Gasteiger partial charge in [-0.1, -0.05) is 23.7 Å². The lowest BCUT2D eigenvalue weighted by Gasteiger charge is -2.20. The molecule has 2 N–H and O–H groups in total. The summed E-state index contributed by atoms with van der Waals surface area (Å²) in [6.07, 6.45) is 0.889. The number of carbonyl (C=O) groups excluding carboxylic acids is 1. The van der Waals surface area contributed by atoms with E-state index in [0.29, 0.717) is 6.54 Å². The van der Waals surface area contributed by atoms with Crippen molar-refractivity contribution in [2.24, 2.45) is 0 Å². The molecular weight excluding hydrogens is 248 g/mol. The fourth-order valence-corrected chi connectivity index (χ4v) is 1.67. The van der Waals surface area contributed by atoms with Gasteiger partial charge in [-0.25, -0.2) is 0 Å². The Balaban J connectivity index is 2.19. The zero-order chi connectivity index (χ0) is 13.6. The van der Waals surface area contributed by atoms with E-state index in [1.807, 2.05) is 45.0 Å². The summed E-state index contributed by atoms with van der Waals surface area (Å²) in [6, 6.07) is 7.75. The summed E-state index contributed by atoms with van der Waals surface area (Å²) >= 11 is 5.81. The Hall–Kier alpha value is -1.06. The van der Waals surface area contributed by atoms with Crippen molar-refractivity contribution in [3.8, 4) is 0 Å². The number of carbonyl (C=O) groups is 1. The van der Waals surface area contributed by atoms with Gasteiger partial charge in [0, 0.05) is 10.6 Å². The smallest absolute Gasteiger partial charge is 0.234 e. The van der Waals surface area contributed by atoms with E-state index in [2.05, 4.69) is 10.6 Å². The van der Waals surface area contributed by atoms with Gasteiger partial charge in [0.1, 0.15) is 0 Å². The number of nitrogens with one attached hydrogen (secondary N) is 2. The molecule has 0 aliphatic carbocycles. The van der Waals surface area contributed by atoms with Crippen molar-refractivity contribution < 1.29 is 4.79 Å². The lowest BCUT2D eigenvalue weighted by molar-refractivity contribution is -0.121. The molecule has 3 nitrogen and oxygen atoms in total. The van der Waals surface area contributed by atoms with Gasteiger partial charge in [0.2, 0.25) is 5.91 Å². The minimum atomic E-state index is -0.172. The molecule has 1 amide bonds. The summed E-state index contributed by atoms with van der Waals surface area (Å²) in [5, 5.41) is 6.78. The predicted molar refractivity (Wildman–Crippen MR) is 75.9 cm³/mol. The Bertz CT molecular complexity index is 382. The first kappa shape index (κ1) is 15.0. The van der Waals surface area contributed by atoms with Gasteiger partial charge in [0.05, 0.1) is 6.54 Å². The van der Waals surface area contributed by atoms with E-state index in [1.54, 1.807) is 0 Å². The molecule has 0 heterocycles. The first-order chi connectivity index (χ1) is 8.37. The molecule has 0 aliphatic heterocycles. The fourth-order valence-electron chi connectivity index (χ4n) is 1.55. The van der Waals surface area contributed by atoms with E-state index < -0.39 is 0 Å². The van der Waals surface area contributed by atoms with E-state index in [-0.39, 0.29) is 11.4 Å². The molecule has 1 aromatic carbocycles. The van der Waals surface area contributed by atoms with Crippen LogP contribution in [0.3, 0.4) is 0 Å². The summed E-state index contributed by atoms with van der Waals surface area (Å²) in [4.78, 5) is 11.5. The minimum absolute atomic E-state index is 0.0265. The topological polar surface area (TPSA) is 41.1 Å². The summed E-state index contributed by atoms with van der Waals surface area (Å²) in [7, 11) is 0. The van der Waals surface area contributed by atoms with E-state index in [4.69, 9.17) is 11.6 Å². The second-order valence-corrected chi connectivity index (χ2v) is 5.79. The Labute approximate surface area is 114 Å². The van der Waals surface area contributed by atoms with E-state index in [0.717, 1.165) is 18.0 Å². The van der Waals surface area contributed by atoms with Gasteiger partial charge < -0.3 is 10.6 Å². The molecule has 0 aliphatic rings. The largest absolute Gasteiger partial charge is 0.350 e. The van der Waals surface area contributed by atoms with Crippen molar-refractivity contribution >= 4 is 17.5 Å². The normalized spacial score (nSPS) is 11.3. The Morgan fingerprint density at radius 2 is 1.83 bits per heavy atom. The van der Waals surface area contributed by atoms with Crippen LogP contribution >= 0.6 is 11.6 Å². The maximum absolute atomic E-state index is 11.5. The Morgan fingerprint density at radius 3 is 2.39 bits per heavy atom. The lowest BCUT2D eigenvalue weighted by Crippen LogP contribution is -2.45. The molecule has 100 valence electrons. The van der Waals surface area contributed by atoms with Crippen molar-refractivity contribution in [1.29, 1.82) is 0 Å². The highest BCUT2D eigenvalue weighted by Gasteiger charge is 2.12. The highest BCUT2D eigenvalue weighted by molar-refractivity contribution is 6.30. The molecule has 0 saturated heterocycles. The number of rotatable bonds is 5. The molecule has 1 rings (SSSR count). The summed E-state index contributed by atoms with van der Waals surface area (Å²) in [5.41, 5.74) is 1.04. The van der Waals surface area contributed by atoms with Crippen molar-refractivity contribution in [3.63, 3.8) is 0 Å². The van der Waals surface area contributed by atoms with Crippen LogP contribution in [0.1, 0.15) is 26.3 Å². The van der Waals surface area contributed by atoms with Crippen LogP contribution in [0.2, 0.25) is 5.02 Å². The third kappa shape index (κ3) is 6.62. The van der Waals surface area contributed by atoms with Crippen LogP contribution in [0.4, 0.5) is 0 Å². The summed E-state index contributed by atoms with van der Waals surface area (Å²) in [6.45, 7) is 7.04. The maximum Gasteiger partial charge on any atom is 0.234 e. The first-order valence-electron chi connectivity index (χ1n) is 6.13. The molecule has 0 fully saturated rings. The average Bonchev–Trinajstić information content (AvgIpc) is 2.24. The zero-order valence-electron chi connectivity index (χ0n) is 11.2. The predicted octanol–water partition coefficient (Wildman–Crippen LogP) is 2.39.